The van der Waals surface area contributed by atoms with Gasteiger partial charge >= 0.3 is 6.03 Å². The average Bonchev–Trinajstić information content (AvgIpc) is 2.63. The highest BCUT2D eigenvalue weighted by Crippen LogP contribution is 2.35. The third-order valence-corrected chi connectivity index (χ3v) is 5.82. The molecule has 2 rings (SSSR count). The molecule has 8 nitrogen and oxygen atoms in total. The summed E-state index contributed by atoms with van der Waals surface area (Å²) in [5, 5.41) is 0. The van der Waals surface area contributed by atoms with Crippen LogP contribution in [0.2, 0.25) is 0 Å². The van der Waals surface area contributed by atoms with E-state index in [9.17, 15) is 18.0 Å². The van der Waals surface area contributed by atoms with Crippen molar-refractivity contribution in [2.45, 2.75) is 13.3 Å². The van der Waals surface area contributed by atoms with E-state index in [1.54, 1.807) is 23.9 Å². The van der Waals surface area contributed by atoms with Crippen molar-refractivity contribution >= 4 is 22.0 Å². The standard InChI is InChI=1S/C14H26N4O4S/c1-5-16-9-14(8-12(16)19)10-17(13(20)15(2)3)6-7-18(11-14)23(4,21)22/h5-11H2,1-4H3. The molecule has 2 aliphatic heterocycles. The first-order valence-corrected chi connectivity index (χ1v) is 9.62. The lowest BCUT2D eigenvalue weighted by Crippen LogP contribution is -2.47. The van der Waals surface area contributed by atoms with Crippen molar-refractivity contribution < 1.29 is 18.0 Å². The zero-order valence-electron chi connectivity index (χ0n) is 14.3. The minimum atomic E-state index is -3.37. The van der Waals surface area contributed by atoms with Crippen LogP contribution in [0.1, 0.15) is 13.3 Å². The molecule has 1 unspecified atom stereocenters. The summed E-state index contributed by atoms with van der Waals surface area (Å²) in [6.45, 7) is 4.29. The number of carbonyl (C=O) groups excluding carboxylic acids is 2. The summed E-state index contributed by atoms with van der Waals surface area (Å²) in [7, 11) is -0.0258. The second-order valence-electron chi connectivity index (χ2n) is 6.78. The van der Waals surface area contributed by atoms with Crippen molar-refractivity contribution in [1.82, 2.24) is 19.0 Å². The van der Waals surface area contributed by atoms with Crippen LogP contribution < -0.4 is 0 Å². The van der Waals surface area contributed by atoms with Gasteiger partial charge in [-0.05, 0) is 6.92 Å². The number of hydrogen-bond acceptors (Lipinski definition) is 4. The molecule has 0 aromatic heterocycles. The Labute approximate surface area is 138 Å². The smallest absolute Gasteiger partial charge is 0.319 e. The lowest BCUT2D eigenvalue weighted by atomic mass is 9.86. The number of likely N-dealkylation sites (tertiary alicyclic amines) is 1. The number of sulfonamides is 1. The number of nitrogens with zero attached hydrogens (tertiary/aromatic N) is 4. The molecular formula is C14H26N4O4S. The maximum atomic E-state index is 12.4. The third kappa shape index (κ3) is 3.77. The maximum absolute atomic E-state index is 12.4. The van der Waals surface area contributed by atoms with Crippen molar-refractivity contribution in [3.63, 3.8) is 0 Å². The van der Waals surface area contributed by atoms with E-state index in [2.05, 4.69) is 0 Å². The van der Waals surface area contributed by atoms with Crippen LogP contribution in [-0.2, 0) is 14.8 Å². The summed E-state index contributed by atoms with van der Waals surface area (Å²) in [6, 6.07) is -0.151. The summed E-state index contributed by atoms with van der Waals surface area (Å²) in [5.74, 6) is 0.0279. The fourth-order valence-corrected chi connectivity index (χ4v) is 4.35. The number of carbonyl (C=O) groups is 2. The highest BCUT2D eigenvalue weighted by Gasteiger charge is 2.48. The molecule has 132 valence electrons. The molecule has 2 aliphatic rings. The first-order valence-electron chi connectivity index (χ1n) is 7.77. The van der Waals surface area contributed by atoms with Gasteiger partial charge in [-0.3, -0.25) is 4.79 Å². The lowest BCUT2D eigenvalue weighted by Gasteiger charge is -2.34. The van der Waals surface area contributed by atoms with Crippen LogP contribution in [0.25, 0.3) is 0 Å². The van der Waals surface area contributed by atoms with Crippen molar-refractivity contribution in [1.29, 1.82) is 0 Å². The number of urea groups is 1. The number of hydrogen-bond donors (Lipinski definition) is 0. The average molecular weight is 346 g/mol. The quantitative estimate of drug-likeness (QED) is 0.674. The molecular weight excluding hydrogens is 320 g/mol. The molecule has 0 aliphatic carbocycles. The minimum absolute atomic E-state index is 0.0279. The molecule has 0 saturated carbocycles. The second-order valence-corrected chi connectivity index (χ2v) is 8.76. The molecule has 2 fully saturated rings. The molecule has 1 spiro atoms. The van der Waals surface area contributed by atoms with Gasteiger partial charge in [-0.2, -0.15) is 4.31 Å². The van der Waals surface area contributed by atoms with Crippen LogP contribution >= 0.6 is 0 Å². The van der Waals surface area contributed by atoms with Gasteiger partial charge < -0.3 is 14.7 Å². The molecule has 0 bridgehead atoms. The predicted octanol–water partition coefficient (Wildman–Crippen LogP) is -0.516. The van der Waals surface area contributed by atoms with Gasteiger partial charge in [-0.1, -0.05) is 0 Å². The molecule has 2 saturated heterocycles. The van der Waals surface area contributed by atoms with Gasteiger partial charge in [0.1, 0.15) is 0 Å². The topological polar surface area (TPSA) is 81.2 Å². The monoisotopic (exact) mass is 346 g/mol. The van der Waals surface area contributed by atoms with E-state index in [-0.39, 0.29) is 31.4 Å². The fraction of sp³-hybridized carbons (Fsp3) is 0.857. The molecule has 0 aromatic rings. The SMILES string of the molecule is CCN1CC2(CC1=O)CN(C(=O)N(C)C)CCN(S(C)(=O)=O)C2. The Balaban J connectivity index is 2.33. The van der Waals surface area contributed by atoms with Gasteiger partial charge in [0.15, 0.2) is 0 Å². The normalized spacial score (nSPS) is 26.7. The van der Waals surface area contributed by atoms with Crippen molar-refractivity contribution in [2.75, 3.05) is 59.6 Å². The zero-order chi connectivity index (χ0) is 17.4. The first kappa shape index (κ1) is 18.0. The van der Waals surface area contributed by atoms with E-state index in [0.29, 0.717) is 26.2 Å². The van der Waals surface area contributed by atoms with Crippen LogP contribution in [0.5, 0.6) is 0 Å². The molecule has 0 aromatic carbocycles. The fourth-order valence-electron chi connectivity index (χ4n) is 3.43. The van der Waals surface area contributed by atoms with Crippen LogP contribution in [0.3, 0.4) is 0 Å². The van der Waals surface area contributed by atoms with Crippen molar-refractivity contribution in [3.05, 3.63) is 0 Å². The van der Waals surface area contributed by atoms with Gasteiger partial charge in [0.25, 0.3) is 0 Å². The highest BCUT2D eigenvalue weighted by atomic mass is 32.2. The van der Waals surface area contributed by atoms with E-state index in [1.165, 1.54) is 15.5 Å². The van der Waals surface area contributed by atoms with E-state index >= 15 is 0 Å². The molecule has 3 amide bonds. The lowest BCUT2D eigenvalue weighted by molar-refractivity contribution is -0.127. The van der Waals surface area contributed by atoms with Crippen LogP contribution in [-0.4, -0.2) is 99.0 Å². The number of rotatable bonds is 2. The molecule has 0 N–H and O–H groups in total. The van der Waals surface area contributed by atoms with E-state index < -0.39 is 15.4 Å². The molecule has 1 atom stereocenters. The van der Waals surface area contributed by atoms with Gasteiger partial charge in [0.05, 0.1) is 6.26 Å². The maximum Gasteiger partial charge on any atom is 0.319 e. The summed E-state index contributed by atoms with van der Waals surface area (Å²) in [4.78, 5) is 29.5. The Kier molecular flexibility index (Phi) is 4.91. The Morgan fingerprint density at radius 2 is 1.87 bits per heavy atom. The minimum Gasteiger partial charge on any atom is -0.342 e. The molecule has 23 heavy (non-hydrogen) atoms. The summed E-state index contributed by atoms with van der Waals surface area (Å²) in [5.41, 5.74) is -0.529. The van der Waals surface area contributed by atoms with Crippen molar-refractivity contribution in [3.8, 4) is 0 Å². The molecule has 9 heteroatoms. The summed E-state index contributed by atoms with van der Waals surface area (Å²) >= 11 is 0. The first-order chi connectivity index (χ1) is 10.6. The molecule has 0 radical (unpaired) electrons. The third-order valence-electron chi connectivity index (χ3n) is 4.57. The Morgan fingerprint density at radius 3 is 2.35 bits per heavy atom. The summed E-state index contributed by atoms with van der Waals surface area (Å²) in [6.07, 6.45) is 1.46. The second kappa shape index (κ2) is 6.27. The Morgan fingerprint density at radius 1 is 1.22 bits per heavy atom. The van der Waals surface area contributed by atoms with Crippen LogP contribution in [0.15, 0.2) is 0 Å². The van der Waals surface area contributed by atoms with Crippen LogP contribution in [0.4, 0.5) is 4.79 Å². The van der Waals surface area contributed by atoms with E-state index in [1.807, 2.05) is 6.92 Å². The van der Waals surface area contributed by atoms with Crippen LogP contribution in [0, 0.1) is 5.41 Å². The van der Waals surface area contributed by atoms with Gasteiger partial charge in [-0.25, -0.2) is 13.2 Å². The number of amides is 3. The largest absolute Gasteiger partial charge is 0.342 e. The van der Waals surface area contributed by atoms with Gasteiger partial charge in [0.2, 0.25) is 15.9 Å². The van der Waals surface area contributed by atoms with Gasteiger partial charge in [0, 0.05) is 65.2 Å². The zero-order valence-corrected chi connectivity index (χ0v) is 15.1. The van der Waals surface area contributed by atoms with E-state index in [0.717, 1.165) is 0 Å². The van der Waals surface area contributed by atoms with Gasteiger partial charge in [-0.15, -0.1) is 0 Å². The predicted molar refractivity (Wildman–Crippen MR) is 86.4 cm³/mol. The highest BCUT2D eigenvalue weighted by molar-refractivity contribution is 7.88. The Hall–Kier alpha value is -1.35. The van der Waals surface area contributed by atoms with Crippen molar-refractivity contribution in [2.24, 2.45) is 5.41 Å². The molecule has 2 heterocycles. The Bertz CT molecular complexity index is 592. The van der Waals surface area contributed by atoms with E-state index in [4.69, 9.17) is 0 Å². The summed E-state index contributed by atoms with van der Waals surface area (Å²) < 4.78 is 25.5.